The molecule has 5 N–H and O–H groups in total. The van der Waals surface area contributed by atoms with Crippen LogP contribution in [0.4, 0.5) is 0 Å². The van der Waals surface area contributed by atoms with Crippen LogP contribution in [0.25, 0.3) is 10.9 Å². The molecule has 84 valence electrons. The van der Waals surface area contributed by atoms with Gasteiger partial charge in [-0.25, -0.2) is 0 Å². The monoisotopic (exact) mass is 220 g/mol. The summed E-state index contributed by atoms with van der Waals surface area (Å²) in [6.07, 6.45) is 0.102. The van der Waals surface area contributed by atoms with Gasteiger partial charge in [-0.05, 0) is 6.07 Å². The first kappa shape index (κ1) is 10.5. The lowest BCUT2D eigenvalue weighted by Gasteiger charge is -2.05. The normalized spacial score (nSPS) is 12.8. The Morgan fingerprint density at radius 3 is 2.81 bits per heavy atom. The second-order valence-corrected chi connectivity index (χ2v) is 3.65. The number of hydrogen-bond donors (Lipinski definition) is 4. The topological polar surface area (TPSA) is 99.3 Å². The average Bonchev–Trinajstić information content (AvgIpc) is 2.55. The lowest BCUT2D eigenvalue weighted by Crippen LogP contribution is -2.32. The number of carboxylic acid groups (broad SMARTS) is 1. The van der Waals surface area contributed by atoms with Crippen molar-refractivity contribution >= 4 is 16.9 Å². The molecule has 5 heteroatoms. The summed E-state index contributed by atoms with van der Waals surface area (Å²) in [4.78, 5) is 13.4. The highest BCUT2D eigenvalue weighted by Crippen LogP contribution is 2.27. The Kier molecular flexibility index (Phi) is 2.54. The Bertz CT molecular complexity index is 533. The molecule has 0 saturated carbocycles. The molecule has 1 atom stereocenters. The van der Waals surface area contributed by atoms with E-state index < -0.39 is 12.0 Å². The number of aromatic hydroxyl groups is 1. The standard InChI is InChI=1S/C11H12N2O3/c12-8(11(15)16)5-7-6-3-1-2-4-9(6)13-10(7)14/h1-4,8,13-14H,5,12H2,(H,15,16)/t8-/m0/s1. The molecule has 1 aromatic heterocycles. The van der Waals surface area contributed by atoms with Gasteiger partial charge in [0.2, 0.25) is 0 Å². The maximum absolute atomic E-state index is 10.7. The molecule has 0 aliphatic carbocycles. The van der Waals surface area contributed by atoms with Crippen molar-refractivity contribution in [2.45, 2.75) is 12.5 Å². The summed E-state index contributed by atoms with van der Waals surface area (Å²) in [6, 6.07) is 6.27. The zero-order valence-electron chi connectivity index (χ0n) is 8.47. The van der Waals surface area contributed by atoms with E-state index >= 15 is 0 Å². The van der Waals surface area contributed by atoms with Gasteiger partial charge >= 0.3 is 5.97 Å². The van der Waals surface area contributed by atoms with Gasteiger partial charge in [-0.1, -0.05) is 18.2 Å². The van der Waals surface area contributed by atoms with Gasteiger partial charge < -0.3 is 20.9 Å². The number of H-pyrrole nitrogens is 1. The van der Waals surface area contributed by atoms with Crippen LogP contribution in [0.15, 0.2) is 24.3 Å². The number of carboxylic acids is 1. The number of nitrogens with two attached hydrogens (primary N) is 1. The number of para-hydroxylation sites is 1. The molecule has 0 fully saturated rings. The zero-order chi connectivity index (χ0) is 11.7. The van der Waals surface area contributed by atoms with Crippen molar-refractivity contribution in [1.82, 2.24) is 4.98 Å². The van der Waals surface area contributed by atoms with Crippen molar-refractivity contribution in [1.29, 1.82) is 0 Å². The SMILES string of the molecule is N[C@@H](Cc1c(O)[nH]c2ccccc12)C(=O)O. The molecule has 2 aromatic rings. The maximum Gasteiger partial charge on any atom is 0.320 e. The van der Waals surface area contributed by atoms with Gasteiger partial charge in [0.1, 0.15) is 6.04 Å². The van der Waals surface area contributed by atoms with E-state index in [0.717, 1.165) is 10.9 Å². The summed E-state index contributed by atoms with van der Waals surface area (Å²) >= 11 is 0. The molecular weight excluding hydrogens is 208 g/mol. The highest BCUT2D eigenvalue weighted by molar-refractivity contribution is 5.86. The minimum atomic E-state index is -1.08. The van der Waals surface area contributed by atoms with Crippen molar-refractivity contribution in [3.8, 4) is 5.88 Å². The number of rotatable bonds is 3. The summed E-state index contributed by atoms with van der Waals surface area (Å²) in [5, 5.41) is 19.2. The van der Waals surface area contributed by atoms with Crippen molar-refractivity contribution in [3.05, 3.63) is 29.8 Å². The lowest BCUT2D eigenvalue weighted by molar-refractivity contribution is -0.138. The molecule has 16 heavy (non-hydrogen) atoms. The number of carbonyl (C=O) groups is 1. The molecule has 0 saturated heterocycles. The Hall–Kier alpha value is -2.01. The van der Waals surface area contributed by atoms with Crippen molar-refractivity contribution in [2.24, 2.45) is 5.73 Å². The van der Waals surface area contributed by atoms with Crippen LogP contribution in [0.3, 0.4) is 0 Å². The summed E-state index contributed by atoms with van der Waals surface area (Å²) < 4.78 is 0. The predicted octanol–water partition coefficient (Wildman–Crippen LogP) is 0.828. The van der Waals surface area contributed by atoms with Crippen molar-refractivity contribution < 1.29 is 15.0 Å². The third kappa shape index (κ3) is 1.72. The Morgan fingerprint density at radius 2 is 2.12 bits per heavy atom. The number of nitrogens with one attached hydrogen (secondary N) is 1. The van der Waals surface area contributed by atoms with Crippen molar-refractivity contribution in [2.75, 3.05) is 0 Å². The molecule has 2 rings (SSSR count). The van der Waals surface area contributed by atoms with Gasteiger partial charge in [-0.2, -0.15) is 0 Å². The van der Waals surface area contributed by atoms with Gasteiger partial charge in [0.15, 0.2) is 5.88 Å². The smallest absolute Gasteiger partial charge is 0.320 e. The highest BCUT2D eigenvalue weighted by Gasteiger charge is 2.18. The van der Waals surface area contributed by atoms with Crippen LogP contribution in [0.2, 0.25) is 0 Å². The number of aromatic nitrogens is 1. The third-order valence-corrected chi connectivity index (χ3v) is 2.53. The van der Waals surface area contributed by atoms with E-state index in [1.54, 1.807) is 0 Å². The minimum Gasteiger partial charge on any atom is -0.494 e. The molecule has 0 unspecified atom stereocenters. The van der Waals surface area contributed by atoms with Gasteiger partial charge in [0, 0.05) is 22.9 Å². The van der Waals surface area contributed by atoms with Crippen LogP contribution < -0.4 is 5.73 Å². The van der Waals surface area contributed by atoms with E-state index in [4.69, 9.17) is 10.8 Å². The molecule has 1 heterocycles. The van der Waals surface area contributed by atoms with Gasteiger partial charge in [-0.15, -0.1) is 0 Å². The van der Waals surface area contributed by atoms with Crippen LogP contribution in [0.1, 0.15) is 5.56 Å². The van der Waals surface area contributed by atoms with E-state index in [9.17, 15) is 9.90 Å². The van der Waals surface area contributed by atoms with Crippen LogP contribution >= 0.6 is 0 Å². The van der Waals surface area contributed by atoms with Gasteiger partial charge in [0.05, 0.1) is 0 Å². The number of aromatic amines is 1. The first-order valence-corrected chi connectivity index (χ1v) is 4.86. The minimum absolute atomic E-state index is 0.0158. The molecule has 0 spiro atoms. The van der Waals surface area contributed by atoms with Gasteiger partial charge in [-0.3, -0.25) is 4.79 Å². The van der Waals surface area contributed by atoms with E-state index in [0.29, 0.717) is 5.56 Å². The average molecular weight is 220 g/mol. The summed E-state index contributed by atoms with van der Waals surface area (Å²) in [6.45, 7) is 0. The number of aliphatic carboxylic acids is 1. The van der Waals surface area contributed by atoms with Crippen LogP contribution in [0, 0.1) is 0 Å². The molecule has 0 radical (unpaired) electrons. The first-order valence-electron chi connectivity index (χ1n) is 4.86. The van der Waals surface area contributed by atoms with E-state index in [-0.39, 0.29) is 12.3 Å². The fourth-order valence-electron chi connectivity index (χ4n) is 1.70. The summed E-state index contributed by atoms with van der Waals surface area (Å²) in [5.74, 6) is -1.09. The van der Waals surface area contributed by atoms with E-state index in [1.165, 1.54) is 0 Å². The third-order valence-electron chi connectivity index (χ3n) is 2.53. The summed E-state index contributed by atoms with van der Waals surface area (Å²) in [7, 11) is 0. The van der Waals surface area contributed by atoms with Crippen LogP contribution in [0.5, 0.6) is 5.88 Å². The Morgan fingerprint density at radius 1 is 1.44 bits per heavy atom. The maximum atomic E-state index is 10.7. The Labute approximate surface area is 91.5 Å². The molecule has 5 nitrogen and oxygen atoms in total. The molecule has 0 amide bonds. The van der Waals surface area contributed by atoms with Crippen LogP contribution in [-0.4, -0.2) is 27.2 Å². The lowest BCUT2D eigenvalue weighted by atomic mass is 10.1. The molecule has 0 aliphatic rings. The molecule has 0 aliphatic heterocycles. The highest BCUT2D eigenvalue weighted by atomic mass is 16.4. The van der Waals surface area contributed by atoms with E-state index in [1.807, 2.05) is 24.3 Å². The van der Waals surface area contributed by atoms with Crippen LogP contribution in [-0.2, 0) is 11.2 Å². The van der Waals surface area contributed by atoms with Gasteiger partial charge in [0.25, 0.3) is 0 Å². The first-order chi connectivity index (χ1) is 7.59. The Balaban J connectivity index is 2.43. The summed E-state index contributed by atoms with van der Waals surface area (Å²) in [5.41, 5.74) is 6.76. The zero-order valence-corrected chi connectivity index (χ0v) is 8.47. The second kappa shape index (κ2) is 3.86. The second-order valence-electron chi connectivity index (χ2n) is 3.65. The largest absolute Gasteiger partial charge is 0.494 e. The molecule has 0 bridgehead atoms. The fourth-order valence-corrected chi connectivity index (χ4v) is 1.70. The van der Waals surface area contributed by atoms with E-state index in [2.05, 4.69) is 4.98 Å². The quantitative estimate of drug-likeness (QED) is 0.615. The fraction of sp³-hybridized carbons (Fsp3) is 0.182. The number of hydrogen-bond acceptors (Lipinski definition) is 3. The molecule has 1 aromatic carbocycles. The predicted molar refractivity (Wildman–Crippen MR) is 59.3 cm³/mol. The molecular formula is C11H12N2O3. The number of benzene rings is 1. The van der Waals surface area contributed by atoms with Crippen molar-refractivity contribution in [3.63, 3.8) is 0 Å². The number of fused-ring (bicyclic) bond motifs is 1.